The first-order valence-electron chi connectivity index (χ1n) is 12.4. The zero-order chi connectivity index (χ0) is 22.9. The van der Waals surface area contributed by atoms with Crippen molar-refractivity contribution < 1.29 is 19.1 Å². The Hall–Kier alpha value is -1.58. The number of esters is 2. The summed E-state index contributed by atoms with van der Waals surface area (Å²) in [6.45, 7) is 13.8. The molecule has 0 spiro atoms. The van der Waals surface area contributed by atoms with Crippen LogP contribution in [0.3, 0.4) is 0 Å². The third-order valence-electron chi connectivity index (χ3n) is 7.77. The SMILES string of the molecule is C=C(C)C(=O)OCCC1(CCOC(=O)C(=C)C)CCC(C2CCC(CCC)CC2)CC1. The summed E-state index contributed by atoms with van der Waals surface area (Å²) in [5.74, 6) is 2.03. The van der Waals surface area contributed by atoms with Gasteiger partial charge >= 0.3 is 11.9 Å². The predicted octanol–water partition coefficient (Wildman–Crippen LogP) is 6.79. The Morgan fingerprint density at radius 2 is 1.26 bits per heavy atom. The number of ether oxygens (including phenoxy) is 2. The molecule has 0 amide bonds. The molecule has 31 heavy (non-hydrogen) atoms. The maximum Gasteiger partial charge on any atom is 0.333 e. The van der Waals surface area contributed by atoms with Crippen LogP contribution in [0.15, 0.2) is 24.3 Å². The van der Waals surface area contributed by atoms with Gasteiger partial charge in [0.1, 0.15) is 0 Å². The summed E-state index contributed by atoms with van der Waals surface area (Å²) in [7, 11) is 0. The molecule has 2 saturated carbocycles. The van der Waals surface area contributed by atoms with Crippen LogP contribution in [-0.4, -0.2) is 25.2 Å². The van der Waals surface area contributed by atoms with E-state index in [9.17, 15) is 9.59 Å². The molecule has 0 N–H and O–H groups in total. The van der Waals surface area contributed by atoms with Gasteiger partial charge in [-0.2, -0.15) is 0 Å². The van der Waals surface area contributed by atoms with Crippen LogP contribution in [0.5, 0.6) is 0 Å². The third-order valence-corrected chi connectivity index (χ3v) is 7.77. The Bertz CT molecular complexity index is 585. The fourth-order valence-electron chi connectivity index (χ4n) is 5.67. The van der Waals surface area contributed by atoms with E-state index in [1.54, 1.807) is 13.8 Å². The molecule has 0 aromatic carbocycles. The van der Waals surface area contributed by atoms with E-state index in [0.717, 1.165) is 43.4 Å². The van der Waals surface area contributed by atoms with E-state index in [0.29, 0.717) is 24.4 Å². The van der Waals surface area contributed by atoms with Gasteiger partial charge in [0.05, 0.1) is 13.2 Å². The van der Waals surface area contributed by atoms with Crippen LogP contribution in [0, 0.1) is 23.2 Å². The quantitative estimate of drug-likeness (QED) is 0.266. The first-order chi connectivity index (χ1) is 14.8. The second-order valence-corrected chi connectivity index (χ2v) is 10.2. The first-order valence-corrected chi connectivity index (χ1v) is 12.4. The minimum atomic E-state index is -0.318. The van der Waals surface area contributed by atoms with Gasteiger partial charge in [0.2, 0.25) is 0 Å². The molecule has 2 rings (SSSR count). The minimum Gasteiger partial charge on any atom is -0.462 e. The molecule has 0 atom stereocenters. The summed E-state index contributed by atoms with van der Waals surface area (Å²) in [5, 5.41) is 0. The Morgan fingerprint density at radius 1 is 0.806 bits per heavy atom. The van der Waals surface area contributed by atoms with E-state index in [4.69, 9.17) is 9.47 Å². The highest BCUT2D eigenvalue weighted by Gasteiger charge is 2.38. The Balaban J connectivity index is 1.88. The molecule has 0 heterocycles. The van der Waals surface area contributed by atoms with Crippen molar-refractivity contribution in [3.05, 3.63) is 24.3 Å². The van der Waals surface area contributed by atoms with Gasteiger partial charge in [-0.1, -0.05) is 45.8 Å². The zero-order valence-electron chi connectivity index (χ0n) is 20.2. The van der Waals surface area contributed by atoms with E-state index in [2.05, 4.69) is 20.1 Å². The number of hydrogen-bond donors (Lipinski definition) is 0. The Morgan fingerprint density at radius 3 is 1.68 bits per heavy atom. The molecule has 0 radical (unpaired) electrons. The van der Waals surface area contributed by atoms with Crippen molar-refractivity contribution >= 4 is 11.9 Å². The Kier molecular flexibility index (Phi) is 10.3. The highest BCUT2D eigenvalue weighted by atomic mass is 16.5. The smallest absolute Gasteiger partial charge is 0.333 e. The average Bonchev–Trinajstić information content (AvgIpc) is 2.75. The van der Waals surface area contributed by atoms with Crippen molar-refractivity contribution in [3.63, 3.8) is 0 Å². The van der Waals surface area contributed by atoms with E-state index < -0.39 is 0 Å². The van der Waals surface area contributed by atoms with Crippen molar-refractivity contribution in [3.8, 4) is 0 Å². The maximum atomic E-state index is 11.8. The van der Waals surface area contributed by atoms with Crippen molar-refractivity contribution in [1.82, 2.24) is 0 Å². The lowest BCUT2D eigenvalue weighted by Crippen LogP contribution is -2.34. The van der Waals surface area contributed by atoms with Crippen molar-refractivity contribution in [1.29, 1.82) is 0 Å². The molecule has 176 valence electrons. The molecular formula is C27H44O4. The molecule has 0 unspecified atom stereocenters. The topological polar surface area (TPSA) is 52.6 Å². The van der Waals surface area contributed by atoms with E-state index >= 15 is 0 Å². The first kappa shape index (κ1) is 25.7. The van der Waals surface area contributed by atoms with Crippen LogP contribution in [0.2, 0.25) is 0 Å². The molecular weight excluding hydrogens is 388 g/mol. The highest BCUT2D eigenvalue weighted by Crippen LogP contribution is 2.49. The molecule has 0 saturated heterocycles. The highest BCUT2D eigenvalue weighted by molar-refractivity contribution is 5.87. The van der Waals surface area contributed by atoms with Gasteiger partial charge in [0.25, 0.3) is 0 Å². The van der Waals surface area contributed by atoms with Crippen molar-refractivity contribution in [2.75, 3.05) is 13.2 Å². The van der Waals surface area contributed by atoms with E-state index in [-0.39, 0.29) is 17.4 Å². The van der Waals surface area contributed by atoms with Crippen molar-refractivity contribution in [2.45, 2.75) is 97.8 Å². The number of carbonyl (C=O) groups excluding carboxylic acids is 2. The predicted molar refractivity (Wildman–Crippen MR) is 126 cm³/mol. The normalized spacial score (nSPS) is 23.7. The standard InChI is InChI=1S/C27H44O4/c1-6-7-22-8-10-23(11-9-22)24-12-14-27(15-13-24,16-18-30-25(28)20(2)3)17-19-31-26(29)21(4)5/h22-24H,2,4,6-19H2,1,3,5H3. The number of carbonyl (C=O) groups is 2. The summed E-state index contributed by atoms with van der Waals surface area (Å²) in [5.41, 5.74) is 0.958. The fraction of sp³-hybridized carbons (Fsp3) is 0.778. The van der Waals surface area contributed by atoms with Gasteiger partial charge in [-0.25, -0.2) is 9.59 Å². The molecule has 2 aliphatic rings. The second kappa shape index (κ2) is 12.5. The molecule has 2 aliphatic carbocycles. The molecule has 0 aliphatic heterocycles. The molecule has 0 bridgehead atoms. The van der Waals surface area contributed by atoms with Gasteiger partial charge in [-0.05, 0) is 88.4 Å². The molecule has 4 nitrogen and oxygen atoms in total. The summed E-state index contributed by atoms with van der Waals surface area (Å²) in [4.78, 5) is 23.6. The third kappa shape index (κ3) is 8.12. The van der Waals surface area contributed by atoms with Gasteiger partial charge in [0, 0.05) is 11.1 Å². The monoisotopic (exact) mass is 432 g/mol. The largest absolute Gasteiger partial charge is 0.462 e. The lowest BCUT2D eigenvalue weighted by molar-refractivity contribution is -0.140. The lowest BCUT2D eigenvalue weighted by Gasteiger charge is -2.44. The summed E-state index contributed by atoms with van der Waals surface area (Å²) >= 11 is 0. The maximum absolute atomic E-state index is 11.8. The number of rotatable bonds is 11. The van der Waals surface area contributed by atoms with Crippen LogP contribution < -0.4 is 0 Å². The van der Waals surface area contributed by atoms with Crippen LogP contribution in [-0.2, 0) is 19.1 Å². The molecule has 2 fully saturated rings. The minimum absolute atomic E-state index is 0.0840. The Labute approximate surface area is 189 Å². The lowest BCUT2D eigenvalue weighted by atomic mass is 9.62. The fourth-order valence-corrected chi connectivity index (χ4v) is 5.67. The van der Waals surface area contributed by atoms with E-state index in [1.165, 1.54) is 51.4 Å². The van der Waals surface area contributed by atoms with Gasteiger partial charge < -0.3 is 9.47 Å². The van der Waals surface area contributed by atoms with Gasteiger partial charge in [-0.3, -0.25) is 0 Å². The summed E-state index contributed by atoms with van der Waals surface area (Å²) < 4.78 is 10.8. The van der Waals surface area contributed by atoms with Crippen LogP contribution in [0.4, 0.5) is 0 Å². The van der Waals surface area contributed by atoms with Crippen molar-refractivity contribution in [2.24, 2.45) is 23.2 Å². The molecule has 0 aromatic heterocycles. The summed E-state index contributed by atoms with van der Waals surface area (Å²) in [6.07, 6.45) is 14.7. The van der Waals surface area contributed by atoms with Crippen LogP contribution >= 0.6 is 0 Å². The molecule has 0 aromatic rings. The van der Waals surface area contributed by atoms with Crippen LogP contribution in [0.1, 0.15) is 97.8 Å². The summed E-state index contributed by atoms with van der Waals surface area (Å²) in [6, 6.07) is 0. The van der Waals surface area contributed by atoms with Crippen LogP contribution in [0.25, 0.3) is 0 Å². The second-order valence-electron chi connectivity index (χ2n) is 10.2. The van der Waals surface area contributed by atoms with Gasteiger partial charge in [-0.15, -0.1) is 0 Å². The molecule has 4 heteroatoms. The average molecular weight is 433 g/mol. The number of hydrogen-bond acceptors (Lipinski definition) is 4. The van der Waals surface area contributed by atoms with Gasteiger partial charge in [0.15, 0.2) is 0 Å². The zero-order valence-corrected chi connectivity index (χ0v) is 20.2. The van der Waals surface area contributed by atoms with E-state index in [1.807, 2.05) is 0 Å².